The molecule has 0 aliphatic carbocycles. The molecule has 2 aromatic rings. The molecular weight excluding hydrogens is 314 g/mol. The molecule has 0 saturated carbocycles. The van der Waals surface area contributed by atoms with Crippen molar-refractivity contribution in [1.29, 1.82) is 0 Å². The molecule has 2 amide bonds. The molecule has 5 nitrogen and oxygen atoms in total. The highest BCUT2D eigenvalue weighted by Crippen LogP contribution is 2.20. The third-order valence-electron chi connectivity index (χ3n) is 4.66. The molecule has 2 unspecified atom stereocenters. The molecule has 25 heavy (non-hydrogen) atoms. The highest BCUT2D eigenvalue weighted by atomic mass is 16.2. The smallest absolute Gasteiger partial charge is 0.225 e. The monoisotopic (exact) mass is 337 g/mol. The first-order valence-corrected chi connectivity index (χ1v) is 8.65. The number of rotatable bonds is 6. The van der Waals surface area contributed by atoms with Gasteiger partial charge in [0.25, 0.3) is 0 Å². The van der Waals surface area contributed by atoms with Gasteiger partial charge in [-0.05, 0) is 36.6 Å². The largest absolute Gasteiger partial charge is 0.349 e. The Balaban J connectivity index is 1.52. The number of carbonyl (C=O) groups is 2. The van der Waals surface area contributed by atoms with E-state index in [0.717, 1.165) is 12.0 Å². The van der Waals surface area contributed by atoms with Crippen LogP contribution in [0.4, 0.5) is 0 Å². The van der Waals surface area contributed by atoms with E-state index in [2.05, 4.69) is 22.4 Å². The number of aromatic nitrogens is 1. The van der Waals surface area contributed by atoms with Crippen LogP contribution in [0, 0.1) is 5.92 Å². The Labute approximate surface area is 148 Å². The Kier molecular flexibility index (Phi) is 5.43. The lowest BCUT2D eigenvalue weighted by atomic mass is 10.1. The minimum Gasteiger partial charge on any atom is -0.349 e. The average Bonchev–Trinajstić information content (AvgIpc) is 3.02. The summed E-state index contributed by atoms with van der Waals surface area (Å²) in [6, 6.07) is 13.8. The van der Waals surface area contributed by atoms with Crippen LogP contribution in [0.3, 0.4) is 0 Å². The van der Waals surface area contributed by atoms with E-state index in [0.29, 0.717) is 19.5 Å². The molecule has 0 spiro atoms. The molecule has 1 aliphatic heterocycles. The first kappa shape index (κ1) is 17.1. The van der Waals surface area contributed by atoms with Gasteiger partial charge in [0.2, 0.25) is 11.8 Å². The van der Waals surface area contributed by atoms with Crippen molar-refractivity contribution in [2.75, 3.05) is 13.1 Å². The van der Waals surface area contributed by atoms with Gasteiger partial charge in [-0.15, -0.1) is 0 Å². The molecule has 1 fully saturated rings. The maximum absolute atomic E-state index is 12.5. The second kappa shape index (κ2) is 7.92. The third kappa shape index (κ3) is 4.44. The van der Waals surface area contributed by atoms with E-state index < -0.39 is 0 Å². The zero-order chi connectivity index (χ0) is 17.6. The SMILES string of the molecule is CC(NC(=O)C1CC(=O)N(CCc2ccccc2)C1)c1ccncc1. The number of likely N-dealkylation sites (tertiary alicyclic amines) is 1. The molecule has 2 atom stereocenters. The molecular formula is C20H23N3O2. The van der Waals surface area contributed by atoms with E-state index in [-0.39, 0.29) is 23.8 Å². The quantitative estimate of drug-likeness (QED) is 0.880. The van der Waals surface area contributed by atoms with Crippen molar-refractivity contribution in [3.8, 4) is 0 Å². The fraction of sp³-hybridized carbons (Fsp3) is 0.350. The minimum atomic E-state index is -0.271. The van der Waals surface area contributed by atoms with E-state index in [1.807, 2.05) is 37.3 Å². The van der Waals surface area contributed by atoms with Gasteiger partial charge in [-0.2, -0.15) is 0 Å². The fourth-order valence-electron chi connectivity index (χ4n) is 3.14. The maximum Gasteiger partial charge on any atom is 0.225 e. The molecule has 0 radical (unpaired) electrons. The van der Waals surface area contributed by atoms with Gasteiger partial charge in [0.1, 0.15) is 0 Å². The Bertz CT molecular complexity index is 718. The summed E-state index contributed by atoms with van der Waals surface area (Å²) in [4.78, 5) is 30.5. The molecule has 130 valence electrons. The van der Waals surface area contributed by atoms with Gasteiger partial charge in [-0.3, -0.25) is 14.6 Å². The van der Waals surface area contributed by atoms with E-state index in [1.54, 1.807) is 17.3 Å². The second-order valence-corrected chi connectivity index (χ2v) is 6.49. The lowest BCUT2D eigenvalue weighted by Gasteiger charge is -2.18. The molecule has 1 aromatic heterocycles. The normalized spacial score (nSPS) is 18.2. The van der Waals surface area contributed by atoms with Gasteiger partial charge < -0.3 is 10.2 Å². The molecule has 2 heterocycles. The summed E-state index contributed by atoms with van der Waals surface area (Å²) in [6.07, 6.45) is 4.53. The Hall–Kier alpha value is -2.69. The van der Waals surface area contributed by atoms with Crippen LogP contribution >= 0.6 is 0 Å². The topological polar surface area (TPSA) is 62.3 Å². The highest BCUT2D eigenvalue weighted by Gasteiger charge is 2.34. The van der Waals surface area contributed by atoms with Gasteiger partial charge in [0.05, 0.1) is 12.0 Å². The Morgan fingerprint density at radius 2 is 1.96 bits per heavy atom. The number of nitrogens with zero attached hydrogens (tertiary/aromatic N) is 2. The second-order valence-electron chi connectivity index (χ2n) is 6.49. The van der Waals surface area contributed by atoms with Crippen LogP contribution in [0.2, 0.25) is 0 Å². The summed E-state index contributed by atoms with van der Waals surface area (Å²) in [5, 5.41) is 3.01. The zero-order valence-electron chi connectivity index (χ0n) is 14.4. The van der Waals surface area contributed by atoms with E-state index >= 15 is 0 Å². The number of pyridine rings is 1. The number of amides is 2. The summed E-state index contributed by atoms with van der Waals surface area (Å²) >= 11 is 0. The van der Waals surface area contributed by atoms with Crippen molar-refractivity contribution in [1.82, 2.24) is 15.2 Å². The van der Waals surface area contributed by atoms with Crippen molar-refractivity contribution in [3.63, 3.8) is 0 Å². The van der Waals surface area contributed by atoms with Gasteiger partial charge >= 0.3 is 0 Å². The summed E-state index contributed by atoms with van der Waals surface area (Å²) in [6.45, 7) is 3.10. The first-order chi connectivity index (χ1) is 12.1. The fourth-order valence-corrected chi connectivity index (χ4v) is 3.14. The Morgan fingerprint density at radius 3 is 2.68 bits per heavy atom. The molecule has 1 aromatic carbocycles. The number of hydrogen-bond donors (Lipinski definition) is 1. The van der Waals surface area contributed by atoms with Crippen molar-refractivity contribution < 1.29 is 9.59 Å². The standard InChI is InChI=1S/C20H23N3O2/c1-15(17-7-10-21-11-8-17)22-20(25)18-13-19(24)23(14-18)12-9-16-5-3-2-4-6-16/h2-8,10-11,15,18H,9,12-14H2,1H3,(H,22,25). The molecule has 5 heteroatoms. The summed E-state index contributed by atoms with van der Waals surface area (Å²) in [7, 11) is 0. The van der Waals surface area contributed by atoms with Gasteiger partial charge in [-0.25, -0.2) is 0 Å². The maximum atomic E-state index is 12.5. The van der Waals surface area contributed by atoms with Crippen LogP contribution in [-0.4, -0.2) is 34.8 Å². The van der Waals surface area contributed by atoms with Crippen LogP contribution in [-0.2, 0) is 16.0 Å². The van der Waals surface area contributed by atoms with Crippen LogP contribution in [0.5, 0.6) is 0 Å². The molecule has 1 saturated heterocycles. The predicted octanol–water partition coefficient (Wildman–Crippen LogP) is 2.35. The number of benzene rings is 1. The van der Waals surface area contributed by atoms with Crippen molar-refractivity contribution in [2.24, 2.45) is 5.92 Å². The average molecular weight is 337 g/mol. The van der Waals surface area contributed by atoms with Crippen molar-refractivity contribution in [3.05, 3.63) is 66.0 Å². The van der Waals surface area contributed by atoms with E-state index in [4.69, 9.17) is 0 Å². The van der Waals surface area contributed by atoms with Crippen LogP contribution in [0.25, 0.3) is 0 Å². The van der Waals surface area contributed by atoms with Crippen LogP contribution in [0.15, 0.2) is 54.9 Å². The summed E-state index contributed by atoms with van der Waals surface area (Å²) in [5.74, 6) is -0.264. The lowest BCUT2D eigenvalue weighted by molar-refractivity contribution is -0.129. The van der Waals surface area contributed by atoms with Crippen molar-refractivity contribution >= 4 is 11.8 Å². The number of carbonyl (C=O) groups excluding carboxylic acids is 2. The number of nitrogens with one attached hydrogen (secondary N) is 1. The molecule has 3 rings (SSSR count). The lowest BCUT2D eigenvalue weighted by Crippen LogP contribution is -2.35. The highest BCUT2D eigenvalue weighted by molar-refractivity contribution is 5.89. The van der Waals surface area contributed by atoms with Gasteiger partial charge in [-0.1, -0.05) is 30.3 Å². The summed E-state index contributed by atoms with van der Waals surface area (Å²) < 4.78 is 0. The first-order valence-electron chi connectivity index (χ1n) is 8.65. The molecule has 0 bridgehead atoms. The van der Waals surface area contributed by atoms with Gasteiger partial charge in [0.15, 0.2) is 0 Å². The number of hydrogen-bond acceptors (Lipinski definition) is 3. The van der Waals surface area contributed by atoms with Gasteiger partial charge in [0, 0.05) is 31.9 Å². The van der Waals surface area contributed by atoms with E-state index in [9.17, 15) is 9.59 Å². The summed E-state index contributed by atoms with van der Waals surface area (Å²) in [5.41, 5.74) is 2.21. The zero-order valence-corrected chi connectivity index (χ0v) is 14.4. The van der Waals surface area contributed by atoms with Crippen LogP contribution < -0.4 is 5.32 Å². The van der Waals surface area contributed by atoms with Crippen molar-refractivity contribution in [2.45, 2.75) is 25.8 Å². The third-order valence-corrected chi connectivity index (χ3v) is 4.66. The van der Waals surface area contributed by atoms with Crippen LogP contribution in [0.1, 0.15) is 30.5 Å². The Morgan fingerprint density at radius 1 is 1.24 bits per heavy atom. The molecule has 1 N–H and O–H groups in total. The minimum absolute atomic E-state index is 0.0557. The molecule has 1 aliphatic rings. The van der Waals surface area contributed by atoms with E-state index in [1.165, 1.54) is 5.56 Å². The predicted molar refractivity (Wildman–Crippen MR) is 95.6 cm³/mol.